The van der Waals surface area contributed by atoms with Crippen molar-refractivity contribution in [2.24, 2.45) is 29.4 Å². The molecule has 4 aromatic heterocycles. The lowest BCUT2D eigenvalue weighted by molar-refractivity contribution is -0.384. The lowest BCUT2D eigenvalue weighted by Crippen LogP contribution is -2.62. The molecular weight excluding hydrogens is 1990 g/mol. The number of nitro groups is 4. The molecule has 11 N–H and O–H groups in total. The fourth-order valence-corrected chi connectivity index (χ4v) is 19.4. The number of Topliss-reactive ketones (excluding diaryl/α,β-unsaturated/α-hetero) is 1. The third kappa shape index (κ3) is 34.5. The maximum atomic E-state index is 12.7. The Morgan fingerprint density at radius 2 is 0.633 bits per heavy atom. The van der Waals surface area contributed by atoms with E-state index < -0.39 is 55.2 Å². The number of anilines is 8. The maximum Gasteiger partial charge on any atom is 0.573 e. The van der Waals surface area contributed by atoms with Gasteiger partial charge in [-0.3, -0.25) is 69.6 Å². The van der Waals surface area contributed by atoms with Gasteiger partial charge in [-0.2, -0.15) is 19.9 Å². The van der Waals surface area contributed by atoms with Crippen LogP contribution in [0.1, 0.15) is 132 Å². The van der Waals surface area contributed by atoms with Gasteiger partial charge in [0, 0.05) is 157 Å². The van der Waals surface area contributed by atoms with Crippen LogP contribution >= 0.6 is 0 Å². The minimum atomic E-state index is -4.84. The van der Waals surface area contributed by atoms with Gasteiger partial charge in [0.1, 0.15) is 53.9 Å². The van der Waals surface area contributed by atoms with Gasteiger partial charge in [-0.1, -0.05) is 72.8 Å². The van der Waals surface area contributed by atoms with Crippen LogP contribution in [0, 0.1) is 64.1 Å². The third-order valence-corrected chi connectivity index (χ3v) is 26.9. The summed E-state index contributed by atoms with van der Waals surface area (Å²) in [5.41, 5.74) is 5.62. The van der Waals surface area contributed by atoms with E-state index >= 15 is 0 Å². The smallest absolute Gasteiger partial charge is 0.460 e. The number of halogens is 12. The Balaban J connectivity index is 0.000000164. The fraction of sp³-hybridized carbons (Fsp3) is 0.538. The molecule has 8 heterocycles. The van der Waals surface area contributed by atoms with Crippen molar-refractivity contribution in [2.75, 3.05) is 127 Å². The molecule has 4 aliphatic heterocycles. The molecule has 147 heavy (non-hydrogen) atoms. The van der Waals surface area contributed by atoms with Crippen molar-refractivity contribution < 1.29 is 114 Å². The fourth-order valence-electron chi connectivity index (χ4n) is 18.7. The van der Waals surface area contributed by atoms with E-state index in [9.17, 15) is 111 Å². The largest absolute Gasteiger partial charge is 0.573 e. The Kier molecular flexibility index (Phi) is 37.8. The number of para-hydroxylation sites is 4. The SMILES string of the molecule is CC(=O)OC1CN(C2CCC(CNc3nc(NCc4ccccc4OC(F)(F)F)ncc3[N+](=O)[O-])CC2)C1.CS(=O)(=O)NC1CN(C2CCC(CNc3nc(NCc4ccccc4OC(F)(F)F)ncc3[N+](=O)[O-])CC2)C1.NC1CN(C2CCC(CNc3nc(NCc4ccccc4OC(F)(F)F)ncc3[N+](=O)[O-])CC2)C1.O=C1CN(C2CCC(CNc3nc(NCc4ccccc4OC(F)(F)F)ncc3[N+](=O)[O-])CC2)C1. The van der Waals surface area contributed by atoms with Crippen molar-refractivity contribution in [3.63, 3.8) is 0 Å². The Morgan fingerprint density at radius 1 is 0.388 bits per heavy atom. The number of alkyl halides is 12. The molecular formula is C91H112F12N26O17S. The highest BCUT2D eigenvalue weighted by Gasteiger charge is 2.42. The average Bonchev–Trinajstić information content (AvgIpc) is 0.797. The van der Waals surface area contributed by atoms with Crippen LogP contribution in [0.5, 0.6) is 23.0 Å². The first kappa shape index (κ1) is 111. The summed E-state index contributed by atoms with van der Waals surface area (Å²) in [6.07, 6.45) is 1.53. The van der Waals surface area contributed by atoms with Crippen LogP contribution in [-0.4, -0.2) is 252 Å². The predicted octanol–water partition coefficient (Wildman–Crippen LogP) is 14.5. The summed E-state index contributed by atoms with van der Waals surface area (Å²) >= 11 is 0. The van der Waals surface area contributed by atoms with E-state index in [1.54, 1.807) is 24.3 Å². The number of esters is 1. The number of ether oxygens (including phenoxy) is 5. The zero-order valence-electron chi connectivity index (χ0n) is 79.6. The third-order valence-electron chi connectivity index (χ3n) is 26.2. The zero-order valence-corrected chi connectivity index (χ0v) is 80.5. The molecule has 16 rings (SSSR count). The van der Waals surface area contributed by atoms with E-state index in [0.717, 1.165) is 160 Å². The number of hydrogen-bond donors (Lipinski definition) is 10. The number of likely N-dealkylation sites (tertiary alicyclic amines) is 4. The number of rotatable bonds is 39. The van der Waals surface area contributed by atoms with Crippen molar-refractivity contribution in [2.45, 2.75) is 204 Å². The minimum Gasteiger partial charge on any atom is -0.460 e. The van der Waals surface area contributed by atoms with Crippen LogP contribution in [0.3, 0.4) is 0 Å². The molecule has 8 aromatic rings. The van der Waals surface area contributed by atoms with Crippen LogP contribution in [0.2, 0.25) is 0 Å². The first-order chi connectivity index (χ1) is 69.8. The standard InChI is InChI=1S/C24H29F3N6O5.C23H30F3N7O5S.C22H28F3N7O3.C22H25F3N6O4/c1-15(34)37-19-13-32(14-19)18-8-6-16(7-9-18)10-28-22-20(33(35)36)12-30-23(31-22)29-11-17-4-2-3-5-21(17)38-24(25,26)27;1-39(36,37)31-17-13-32(14-17)18-8-6-15(7-9-18)10-27-21-19(33(34)35)12-29-22(30-21)28-11-16-4-2-3-5-20(16)38-23(24,25)26;23-22(24,25)35-19-4-2-1-3-15(19)10-28-21-29-11-18(32(33)34)20(30-21)27-9-14-5-7-17(8-6-14)31-12-16(26)13-31;23-22(24,25)35-19-4-2-1-3-15(19)10-27-21-28-11-18(31(33)34)20(29-21)26-9-14-5-7-16(8-6-14)30-12-17(32)13-30/h2-5,12,16,18-19H,6-11,13-14H2,1H3,(H2,28,29,30,31);2-5,12,15,17-18,31H,6-11,13-14H2,1H3,(H2,27,28,29,30);1-4,11,14,16-17H,5-10,12-13,26H2,(H2,27,28,29,30);1-4,11,14,16H,5-10,12-13H2,(H2,26,27,28,29). The van der Waals surface area contributed by atoms with Crippen LogP contribution in [-0.2, 0) is 50.5 Å². The summed E-state index contributed by atoms with van der Waals surface area (Å²) in [4.78, 5) is 108. The van der Waals surface area contributed by atoms with Gasteiger partial charge in [0.15, 0.2) is 5.78 Å². The number of nitrogens with two attached hydrogens (primary N) is 1. The van der Waals surface area contributed by atoms with E-state index in [4.69, 9.17) is 10.5 Å². The minimum absolute atomic E-state index is 0.0173. The van der Waals surface area contributed by atoms with E-state index in [2.05, 4.69) is 126 Å². The molecule has 0 bridgehead atoms. The molecule has 0 amide bonds. The molecule has 4 saturated heterocycles. The monoisotopic (exact) mass is 2100 g/mol. The van der Waals surface area contributed by atoms with Gasteiger partial charge in [-0.25, -0.2) is 33.1 Å². The van der Waals surface area contributed by atoms with E-state index in [0.29, 0.717) is 94.3 Å². The van der Waals surface area contributed by atoms with E-state index in [1.165, 1.54) is 79.7 Å². The van der Waals surface area contributed by atoms with Crippen molar-refractivity contribution >= 4 is 91.6 Å². The molecule has 4 aliphatic carbocycles. The number of nitrogens with one attached hydrogen (secondary N) is 9. The Hall–Kier alpha value is -13.6. The van der Waals surface area contributed by atoms with Crippen molar-refractivity contribution in [1.82, 2.24) is 64.2 Å². The van der Waals surface area contributed by atoms with Gasteiger partial charge in [0.05, 0.1) is 39.0 Å². The zero-order chi connectivity index (χ0) is 105. The normalized spacial score (nSPS) is 20.7. The summed E-state index contributed by atoms with van der Waals surface area (Å²) in [7, 11) is -3.21. The molecule has 0 radical (unpaired) electrons. The summed E-state index contributed by atoms with van der Waals surface area (Å²) < 4.78 is 199. The highest BCUT2D eigenvalue weighted by atomic mass is 32.2. The van der Waals surface area contributed by atoms with E-state index in [1.807, 2.05) is 0 Å². The maximum absolute atomic E-state index is 12.7. The number of carbonyl (C=O) groups excluding carboxylic acids is 2. The first-order valence-electron chi connectivity index (χ1n) is 47.5. The molecule has 56 heteroatoms. The van der Waals surface area contributed by atoms with Crippen molar-refractivity contribution in [3.8, 4) is 23.0 Å². The highest BCUT2D eigenvalue weighted by Crippen LogP contribution is 2.40. The molecule has 0 atom stereocenters. The number of aromatic nitrogens is 8. The van der Waals surface area contributed by atoms with Crippen LogP contribution in [0.15, 0.2) is 122 Å². The number of hydrogen-bond acceptors (Lipinski definition) is 38. The Bertz CT molecular complexity index is 5900. The van der Waals surface area contributed by atoms with E-state index in [-0.39, 0.29) is 177 Å². The van der Waals surface area contributed by atoms with Gasteiger partial charge in [-0.05, 0) is 151 Å². The van der Waals surface area contributed by atoms with Crippen molar-refractivity contribution in [1.29, 1.82) is 0 Å². The quantitative estimate of drug-likeness (QED) is 0.00740. The second kappa shape index (κ2) is 50.2. The molecule has 8 aliphatic rings. The number of ketones is 1. The number of benzene rings is 4. The first-order valence-corrected chi connectivity index (χ1v) is 49.4. The topological polar surface area (TPSA) is 537 Å². The van der Waals surface area contributed by atoms with Crippen LogP contribution < -0.4 is 71.9 Å². The summed E-state index contributed by atoms with van der Waals surface area (Å²) in [6, 6.07) is 24.6. The number of carbonyl (C=O) groups is 2. The lowest BCUT2D eigenvalue weighted by atomic mass is 9.84. The molecule has 0 unspecified atom stereocenters. The number of nitrogens with zero attached hydrogens (tertiary/aromatic N) is 16. The highest BCUT2D eigenvalue weighted by molar-refractivity contribution is 7.88. The Labute approximate surface area is 834 Å². The van der Waals surface area contributed by atoms with Gasteiger partial charge in [0.25, 0.3) is 0 Å². The molecule has 798 valence electrons. The second-order valence-electron chi connectivity index (χ2n) is 36.9. The lowest BCUT2D eigenvalue weighted by Gasteiger charge is -2.46. The summed E-state index contributed by atoms with van der Waals surface area (Å²) in [5, 5.41) is 69.4. The van der Waals surface area contributed by atoms with Gasteiger partial charge >= 0.3 is 54.2 Å². The molecule has 4 aromatic carbocycles. The molecule has 43 nitrogen and oxygen atoms in total. The van der Waals surface area contributed by atoms with Crippen LogP contribution in [0.4, 0.5) is 122 Å². The molecule has 4 saturated carbocycles. The van der Waals surface area contributed by atoms with Crippen LogP contribution in [0.25, 0.3) is 0 Å². The summed E-state index contributed by atoms with van der Waals surface area (Å²) in [5.74, 6) is 0.137. The van der Waals surface area contributed by atoms with Gasteiger partial charge in [-0.15, -0.1) is 52.7 Å². The van der Waals surface area contributed by atoms with Gasteiger partial charge < -0.3 is 72.0 Å². The van der Waals surface area contributed by atoms with Gasteiger partial charge in [0.2, 0.25) is 57.1 Å². The molecule has 8 fully saturated rings. The predicted molar refractivity (Wildman–Crippen MR) is 510 cm³/mol. The average molecular weight is 2100 g/mol. The van der Waals surface area contributed by atoms with Crippen molar-refractivity contribution in [3.05, 3.63) is 185 Å². The number of sulfonamides is 1. The molecule has 0 spiro atoms. The Morgan fingerprint density at radius 3 is 0.864 bits per heavy atom. The second-order valence-corrected chi connectivity index (χ2v) is 38.7. The summed E-state index contributed by atoms with van der Waals surface area (Å²) in [6.45, 7) is 8.92.